The highest BCUT2D eigenvalue weighted by Gasteiger charge is 2.18. The highest BCUT2D eigenvalue weighted by atomic mass is 79.9. The smallest absolute Gasteiger partial charge is 0.255 e. The molecule has 0 radical (unpaired) electrons. The molecule has 2 amide bonds. The van der Waals surface area contributed by atoms with Gasteiger partial charge in [0.15, 0.2) is 0 Å². The average Bonchev–Trinajstić information content (AvgIpc) is 2.39. The largest absolute Gasteiger partial charge is 0.342 e. The van der Waals surface area contributed by atoms with Crippen LogP contribution in [-0.2, 0) is 4.79 Å². The third-order valence-electron chi connectivity index (χ3n) is 2.79. The Balaban J connectivity index is 2.70. The molecule has 0 spiro atoms. The molecule has 1 heterocycles. The van der Waals surface area contributed by atoms with Gasteiger partial charge in [-0.05, 0) is 35.8 Å². The first-order valence-electron chi connectivity index (χ1n) is 6.13. The minimum atomic E-state index is -0.214. The molecule has 5 nitrogen and oxygen atoms in total. The van der Waals surface area contributed by atoms with E-state index in [9.17, 15) is 9.59 Å². The molecule has 0 saturated carbocycles. The molecule has 6 heteroatoms. The lowest BCUT2D eigenvalue weighted by Gasteiger charge is -2.23. The number of carbonyl (C=O) groups is 2. The monoisotopic (exact) mass is 327 g/mol. The summed E-state index contributed by atoms with van der Waals surface area (Å²) in [5.74, 6) is -0.266. The number of halogens is 1. The van der Waals surface area contributed by atoms with Crippen molar-refractivity contribution in [2.45, 2.75) is 13.8 Å². The summed E-state index contributed by atoms with van der Waals surface area (Å²) < 4.78 is 0.738. The van der Waals surface area contributed by atoms with Crippen molar-refractivity contribution in [1.29, 1.82) is 0 Å². The molecule has 0 aliphatic heterocycles. The van der Waals surface area contributed by atoms with Crippen molar-refractivity contribution < 1.29 is 9.59 Å². The van der Waals surface area contributed by atoms with Crippen molar-refractivity contribution in [1.82, 2.24) is 14.8 Å². The molecule has 0 N–H and O–H groups in total. The van der Waals surface area contributed by atoms with Crippen LogP contribution in [0.4, 0.5) is 0 Å². The topological polar surface area (TPSA) is 53.5 Å². The van der Waals surface area contributed by atoms with Crippen molar-refractivity contribution in [3.05, 3.63) is 28.5 Å². The van der Waals surface area contributed by atoms with E-state index in [1.165, 1.54) is 11.1 Å². The van der Waals surface area contributed by atoms with E-state index in [0.717, 1.165) is 4.47 Å². The standard InChI is InChI=1S/C13H18BrN3O2/c1-4-17(5-2)12(18)9-16(3)13(19)10-6-11(14)8-15-7-10/h6-8H,4-5,9H2,1-3H3. The van der Waals surface area contributed by atoms with Gasteiger partial charge in [-0.25, -0.2) is 0 Å². The van der Waals surface area contributed by atoms with E-state index < -0.39 is 0 Å². The molecular weight excluding hydrogens is 310 g/mol. The first-order valence-corrected chi connectivity index (χ1v) is 6.92. The molecule has 104 valence electrons. The van der Waals surface area contributed by atoms with Gasteiger partial charge in [0, 0.05) is 37.0 Å². The lowest BCUT2D eigenvalue weighted by atomic mass is 10.2. The highest BCUT2D eigenvalue weighted by Crippen LogP contribution is 2.11. The minimum Gasteiger partial charge on any atom is -0.342 e. The molecule has 0 aliphatic rings. The second-order valence-corrected chi connectivity index (χ2v) is 5.03. The maximum absolute atomic E-state index is 12.1. The number of hydrogen-bond donors (Lipinski definition) is 0. The van der Waals surface area contributed by atoms with Gasteiger partial charge in [0.2, 0.25) is 5.91 Å². The van der Waals surface area contributed by atoms with Gasteiger partial charge in [0.05, 0.1) is 12.1 Å². The Morgan fingerprint density at radius 3 is 2.42 bits per heavy atom. The molecular formula is C13H18BrN3O2. The zero-order chi connectivity index (χ0) is 14.4. The summed E-state index contributed by atoms with van der Waals surface area (Å²) in [6, 6.07) is 1.69. The summed E-state index contributed by atoms with van der Waals surface area (Å²) in [6.07, 6.45) is 3.10. The van der Waals surface area contributed by atoms with Gasteiger partial charge < -0.3 is 9.80 Å². The van der Waals surface area contributed by atoms with Gasteiger partial charge >= 0.3 is 0 Å². The zero-order valence-electron chi connectivity index (χ0n) is 11.4. The molecule has 0 aromatic carbocycles. The number of hydrogen-bond acceptors (Lipinski definition) is 3. The molecule has 0 aliphatic carbocycles. The third kappa shape index (κ3) is 4.31. The lowest BCUT2D eigenvalue weighted by molar-refractivity contribution is -0.131. The molecule has 0 unspecified atom stereocenters. The molecule has 1 aromatic heterocycles. The Labute approximate surface area is 121 Å². The fraction of sp³-hybridized carbons (Fsp3) is 0.462. The fourth-order valence-electron chi connectivity index (χ4n) is 1.70. The average molecular weight is 328 g/mol. The Hall–Kier alpha value is -1.43. The summed E-state index contributed by atoms with van der Waals surface area (Å²) in [5, 5.41) is 0. The number of rotatable bonds is 5. The number of nitrogens with zero attached hydrogens (tertiary/aromatic N) is 3. The zero-order valence-corrected chi connectivity index (χ0v) is 13.0. The van der Waals surface area contributed by atoms with Gasteiger partial charge in [0.25, 0.3) is 5.91 Å². The van der Waals surface area contributed by atoms with Gasteiger partial charge in [0.1, 0.15) is 0 Å². The Morgan fingerprint density at radius 2 is 1.89 bits per heavy atom. The molecule has 0 atom stereocenters. The van der Waals surface area contributed by atoms with E-state index in [1.54, 1.807) is 24.2 Å². The molecule has 1 aromatic rings. The van der Waals surface area contributed by atoms with Crippen LogP contribution in [0.1, 0.15) is 24.2 Å². The molecule has 1 rings (SSSR count). The van der Waals surface area contributed by atoms with Gasteiger partial charge in [-0.1, -0.05) is 0 Å². The van der Waals surface area contributed by atoms with Crippen LogP contribution in [0.5, 0.6) is 0 Å². The molecule has 19 heavy (non-hydrogen) atoms. The summed E-state index contributed by atoms with van der Waals surface area (Å²) in [6.45, 7) is 5.21. The Kier molecular flexibility index (Phi) is 5.95. The number of pyridine rings is 1. The predicted octanol–water partition coefficient (Wildman–Crippen LogP) is 1.78. The Morgan fingerprint density at radius 1 is 1.26 bits per heavy atom. The summed E-state index contributed by atoms with van der Waals surface area (Å²) in [7, 11) is 1.62. The maximum Gasteiger partial charge on any atom is 0.255 e. The van der Waals surface area contributed by atoms with Crippen LogP contribution in [0.3, 0.4) is 0 Å². The van der Waals surface area contributed by atoms with E-state index in [4.69, 9.17) is 0 Å². The van der Waals surface area contributed by atoms with Crippen molar-refractivity contribution in [2.24, 2.45) is 0 Å². The first kappa shape index (κ1) is 15.6. The maximum atomic E-state index is 12.1. The van der Waals surface area contributed by atoms with Gasteiger partial charge in [-0.3, -0.25) is 14.6 Å². The third-order valence-corrected chi connectivity index (χ3v) is 3.22. The number of carbonyl (C=O) groups excluding carboxylic acids is 2. The highest BCUT2D eigenvalue weighted by molar-refractivity contribution is 9.10. The second-order valence-electron chi connectivity index (χ2n) is 4.12. The van der Waals surface area contributed by atoms with Crippen LogP contribution in [0.2, 0.25) is 0 Å². The van der Waals surface area contributed by atoms with E-state index in [1.807, 2.05) is 13.8 Å². The Bertz CT molecular complexity index is 461. The van der Waals surface area contributed by atoms with Crippen LogP contribution in [0.15, 0.2) is 22.9 Å². The molecule has 0 bridgehead atoms. The van der Waals surface area contributed by atoms with E-state index in [0.29, 0.717) is 18.7 Å². The van der Waals surface area contributed by atoms with Crippen molar-refractivity contribution >= 4 is 27.7 Å². The van der Waals surface area contributed by atoms with Crippen LogP contribution in [0.25, 0.3) is 0 Å². The van der Waals surface area contributed by atoms with Gasteiger partial charge in [-0.2, -0.15) is 0 Å². The van der Waals surface area contributed by atoms with E-state index in [-0.39, 0.29) is 18.4 Å². The van der Waals surface area contributed by atoms with Crippen LogP contribution in [-0.4, -0.2) is 53.3 Å². The predicted molar refractivity (Wildman–Crippen MR) is 76.8 cm³/mol. The van der Waals surface area contributed by atoms with Crippen molar-refractivity contribution in [3.63, 3.8) is 0 Å². The number of amides is 2. The summed E-state index contributed by atoms with van der Waals surface area (Å²) in [4.78, 5) is 31.1. The van der Waals surface area contributed by atoms with Crippen LogP contribution in [0, 0.1) is 0 Å². The molecule has 0 fully saturated rings. The van der Waals surface area contributed by atoms with Crippen LogP contribution < -0.4 is 0 Å². The quantitative estimate of drug-likeness (QED) is 0.828. The first-order chi connectivity index (χ1) is 8.99. The normalized spacial score (nSPS) is 10.1. The summed E-state index contributed by atoms with van der Waals surface area (Å²) in [5.41, 5.74) is 0.462. The second kappa shape index (κ2) is 7.23. The minimum absolute atomic E-state index is 0.0520. The number of likely N-dealkylation sites (N-methyl/N-ethyl adjacent to an activating group) is 2. The SMILES string of the molecule is CCN(CC)C(=O)CN(C)C(=O)c1cncc(Br)c1. The van der Waals surface area contributed by atoms with Gasteiger partial charge in [-0.15, -0.1) is 0 Å². The molecule has 0 saturated heterocycles. The number of aromatic nitrogens is 1. The van der Waals surface area contributed by atoms with Crippen molar-refractivity contribution in [2.75, 3.05) is 26.7 Å². The summed E-state index contributed by atoms with van der Waals surface area (Å²) >= 11 is 3.27. The fourth-order valence-corrected chi connectivity index (χ4v) is 2.07. The van der Waals surface area contributed by atoms with Crippen LogP contribution >= 0.6 is 15.9 Å². The van der Waals surface area contributed by atoms with Crippen molar-refractivity contribution in [3.8, 4) is 0 Å². The lowest BCUT2D eigenvalue weighted by Crippen LogP contribution is -2.41. The van der Waals surface area contributed by atoms with E-state index in [2.05, 4.69) is 20.9 Å². The van der Waals surface area contributed by atoms with E-state index >= 15 is 0 Å².